The van der Waals surface area contributed by atoms with Gasteiger partial charge in [0.05, 0.1) is 5.56 Å². The first-order chi connectivity index (χ1) is 9.06. The van der Waals surface area contributed by atoms with Gasteiger partial charge in [0.2, 0.25) is 0 Å². The maximum absolute atomic E-state index is 12.9. The van der Waals surface area contributed by atoms with E-state index in [-0.39, 0.29) is 12.4 Å². The van der Waals surface area contributed by atoms with E-state index in [9.17, 15) is 9.18 Å². The minimum atomic E-state index is -0.448. The van der Waals surface area contributed by atoms with Gasteiger partial charge in [-0.2, -0.15) is 0 Å². The van der Waals surface area contributed by atoms with Crippen LogP contribution in [-0.4, -0.2) is 5.97 Å². The van der Waals surface area contributed by atoms with Crippen LogP contribution >= 0.6 is 0 Å². The largest absolute Gasteiger partial charge is 0.457 e. The van der Waals surface area contributed by atoms with Crippen LogP contribution in [0, 0.1) is 12.7 Å². The molecule has 19 heavy (non-hydrogen) atoms. The molecule has 0 atom stereocenters. The molecule has 0 saturated heterocycles. The van der Waals surface area contributed by atoms with Crippen molar-refractivity contribution in [2.24, 2.45) is 0 Å². The standard InChI is InChI=1S/C15H14FNO2/c1-10-7-13(16)6-5-12(10)9-19-15(18)11-3-2-4-14(17)8-11/h2-8H,9,17H2,1H3. The molecule has 2 aromatic rings. The summed E-state index contributed by atoms with van der Waals surface area (Å²) >= 11 is 0. The predicted octanol–water partition coefficient (Wildman–Crippen LogP) is 3.07. The first-order valence-electron chi connectivity index (χ1n) is 5.84. The molecule has 0 heterocycles. The molecule has 0 aromatic heterocycles. The molecule has 0 aliphatic rings. The van der Waals surface area contributed by atoms with E-state index in [4.69, 9.17) is 10.5 Å². The minimum absolute atomic E-state index is 0.111. The van der Waals surface area contributed by atoms with Gasteiger partial charge in [0, 0.05) is 5.69 Å². The summed E-state index contributed by atoms with van der Waals surface area (Å²) in [6.45, 7) is 1.88. The number of esters is 1. The number of ether oxygens (including phenoxy) is 1. The third-order valence-corrected chi connectivity index (χ3v) is 2.79. The molecule has 0 radical (unpaired) electrons. The van der Waals surface area contributed by atoms with Gasteiger partial charge in [-0.05, 0) is 48.4 Å². The van der Waals surface area contributed by atoms with Gasteiger partial charge in [-0.15, -0.1) is 0 Å². The van der Waals surface area contributed by atoms with Crippen molar-refractivity contribution >= 4 is 11.7 Å². The quantitative estimate of drug-likeness (QED) is 0.680. The molecule has 4 heteroatoms. The average molecular weight is 259 g/mol. The normalized spacial score (nSPS) is 10.2. The number of carbonyl (C=O) groups excluding carboxylic acids is 1. The van der Waals surface area contributed by atoms with Crippen molar-refractivity contribution in [3.63, 3.8) is 0 Å². The lowest BCUT2D eigenvalue weighted by Gasteiger charge is -2.08. The lowest BCUT2D eigenvalue weighted by atomic mass is 10.1. The van der Waals surface area contributed by atoms with Crippen LogP contribution in [0.1, 0.15) is 21.5 Å². The summed E-state index contributed by atoms with van der Waals surface area (Å²) in [6.07, 6.45) is 0. The van der Waals surface area contributed by atoms with Crippen LogP contribution in [0.25, 0.3) is 0 Å². The second-order valence-corrected chi connectivity index (χ2v) is 4.27. The Morgan fingerprint density at radius 2 is 2.05 bits per heavy atom. The molecule has 2 N–H and O–H groups in total. The molecule has 0 spiro atoms. The van der Waals surface area contributed by atoms with Gasteiger partial charge in [0.15, 0.2) is 0 Å². The number of hydrogen-bond acceptors (Lipinski definition) is 3. The van der Waals surface area contributed by atoms with Crippen molar-refractivity contribution in [2.45, 2.75) is 13.5 Å². The number of halogens is 1. The fourth-order valence-electron chi connectivity index (χ4n) is 1.71. The van der Waals surface area contributed by atoms with E-state index in [1.165, 1.54) is 12.1 Å². The zero-order valence-corrected chi connectivity index (χ0v) is 10.5. The summed E-state index contributed by atoms with van der Waals surface area (Å²) in [5.74, 6) is -0.751. The first-order valence-corrected chi connectivity index (χ1v) is 5.84. The summed E-state index contributed by atoms with van der Waals surface area (Å²) in [5, 5.41) is 0. The van der Waals surface area contributed by atoms with Gasteiger partial charge in [-0.3, -0.25) is 0 Å². The average Bonchev–Trinajstić information content (AvgIpc) is 2.37. The predicted molar refractivity (Wildman–Crippen MR) is 71.1 cm³/mol. The zero-order valence-electron chi connectivity index (χ0n) is 10.5. The van der Waals surface area contributed by atoms with Gasteiger partial charge in [-0.25, -0.2) is 9.18 Å². The van der Waals surface area contributed by atoms with Gasteiger partial charge in [0.1, 0.15) is 12.4 Å². The summed E-state index contributed by atoms with van der Waals surface area (Å²) in [6, 6.07) is 10.9. The first kappa shape index (κ1) is 13.1. The third-order valence-electron chi connectivity index (χ3n) is 2.79. The SMILES string of the molecule is Cc1cc(F)ccc1COC(=O)c1cccc(N)c1. The molecule has 0 amide bonds. The van der Waals surface area contributed by atoms with Crippen molar-refractivity contribution in [2.75, 3.05) is 5.73 Å². The van der Waals surface area contributed by atoms with Crippen molar-refractivity contribution in [3.05, 3.63) is 65.0 Å². The zero-order chi connectivity index (χ0) is 13.8. The Morgan fingerprint density at radius 1 is 1.26 bits per heavy atom. The second-order valence-electron chi connectivity index (χ2n) is 4.27. The number of nitrogens with two attached hydrogens (primary N) is 1. The lowest BCUT2D eigenvalue weighted by Crippen LogP contribution is -2.06. The Kier molecular flexibility index (Phi) is 3.80. The van der Waals surface area contributed by atoms with Crippen molar-refractivity contribution < 1.29 is 13.9 Å². The van der Waals surface area contributed by atoms with Crippen LogP contribution in [0.5, 0.6) is 0 Å². The molecular weight excluding hydrogens is 245 g/mol. The van der Waals surface area contributed by atoms with E-state index in [1.807, 2.05) is 0 Å². The molecular formula is C15H14FNO2. The number of rotatable bonds is 3. The molecule has 2 rings (SSSR count). The molecule has 2 aromatic carbocycles. The Hall–Kier alpha value is -2.36. The number of hydrogen-bond donors (Lipinski definition) is 1. The monoisotopic (exact) mass is 259 g/mol. The maximum Gasteiger partial charge on any atom is 0.338 e. The van der Waals surface area contributed by atoms with E-state index in [2.05, 4.69) is 0 Å². The highest BCUT2D eigenvalue weighted by molar-refractivity contribution is 5.90. The summed E-state index contributed by atoms with van der Waals surface area (Å²) in [7, 11) is 0. The molecule has 0 saturated carbocycles. The van der Waals surface area contributed by atoms with E-state index in [1.54, 1.807) is 37.3 Å². The van der Waals surface area contributed by atoms with Crippen LogP contribution in [0.15, 0.2) is 42.5 Å². The molecule has 3 nitrogen and oxygen atoms in total. The van der Waals surface area contributed by atoms with E-state index < -0.39 is 5.97 Å². The molecule has 0 fully saturated rings. The highest BCUT2D eigenvalue weighted by atomic mass is 19.1. The van der Waals surface area contributed by atoms with Gasteiger partial charge in [-0.1, -0.05) is 12.1 Å². The number of benzene rings is 2. The molecule has 0 unspecified atom stereocenters. The Bertz CT molecular complexity index is 611. The molecule has 0 bridgehead atoms. The van der Waals surface area contributed by atoms with Crippen LogP contribution in [0.3, 0.4) is 0 Å². The second kappa shape index (κ2) is 5.52. The lowest BCUT2D eigenvalue weighted by molar-refractivity contribution is 0.0472. The van der Waals surface area contributed by atoms with Crippen LogP contribution < -0.4 is 5.73 Å². The number of nitrogen functional groups attached to an aromatic ring is 1. The summed E-state index contributed by atoms with van der Waals surface area (Å²) in [4.78, 5) is 11.8. The van der Waals surface area contributed by atoms with Gasteiger partial charge >= 0.3 is 5.97 Å². The van der Waals surface area contributed by atoms with Crippen LogP contribution in [-0.2, 0) is 11.3 Å². The van der Waals surface area contributed by atoms with Crippen molar-refractivity contribution in [1.82, 2.24) is 0 Å². The van der Waals surface area contributed by atoms with E-state index in [0.29, 0.717) is 11.3 Å². The maximum atomic E-state index is 12.9. The number of aryl methyl sites for hydroxylation is 1. The highest BCUT2D eigenvalue weighted by Crippen LogP contribution is 2.13. The fourth-order valence-corrected chi connectivity index (χ4v) is 1.71. The highest BCUT2D eigenvalue weighted by Gasteiger charge is 2.08. The topological polar surface area (TPSA) is 52.3 Å². The summed E-state index contributed by atoms with van der Waals surface area (Å²) < 4.78 is 18.1. The minimum Gasteiger partial charge on any atom is -0.457 e. The third kappa shape index (κ3) is 3.31. The van der Waals surface area contributed by atoms with Crippen LogP contribution in [0.4, 0.5) is 10.1 Å². The van der Waals surface area contributed by atoms with Crippen molar-refractivity contribution in [3.8, 4) is 0 Å². The fraction of sp³-hybridized carbons (Fsp3) is 0.133. The molecule has 0 aliphatic heterocycles. The Labute approximate surface area is 110 Å². The number of anilines is 1. The molecule has 98 valence electrons. The van der Waals surface area contributed by atoms with Gasteiger partial charge in [0.25, 0.3) is 0 Å². The Morgan fingerprint density at radius 3 is 2.74 bits per heavy atom. The van der Waals surface area contributed by atoms with Gasteiger partial charge < -0.3 is 10.5 Å². The molecule has 0 aliphatic carbocycles. The smallest absolute Gasteiger partial charge is 0.338 e. The van der Waals surface area contributed by atoms with Crippen LogP contribution in [0.2, 0.25) is 0 Å². The Balaban J connectivity index is 2.04. The summed E-state index contributed by atoms with van der Waals surface area (Å²) in [5.41, 5.74) is 8.03. The number of carbonyl (C=O) groups is 1. The van der Waals surface area contributed by atoms with E-state index in [0.717, 1.165) is 11.1 Å². The van der Waals surface area contributed by atoms with E-state index >= 15 is 0 Å². The van der Waals surface area contributed by atoms with Crippen molar-refractivity contribution in [1.29, 1.82) is 0 Å².